The number of hydrogen-bond acceptors (Lipinski definition) is 0. The summed E-state index contributed by atoms with van der Waals surface area (Å²) in [5, 5.41) is 0. The van der Waals surface area contributed by atoms with Gasteiger partial charge in [0.1, 0.15) is 6.17 Å². The van der Waals surface area contributed by atoms with Crippen LogP contribution in [-0.2, 0) is 0 Å². The molecule has 0 aromatic heterocycles. The van der Waals surface area contributed by atoms with Crippen LogP contribution in [0.4, 0.5) is 4.39 Å². The van der Waals surface area contributed by atoms with Crippen molar-refractivity contribution < 1.29 is 4.39 Å². The zero-order valence-electron chi connectivity index (χ0n) is 13.2. The fourth-order valence-electron chi connectivity index (χ4n) is 3.97. The van der Waals surface area contributed by atoms with Gasteiger partial charge in [0, 0.05) is 0 Å². The highest BCUT2D eigenvalue weighted by atomic mass is 19.1. The molecule has 2 rings (SSSR count). The van der Waals surface area contributed by atoms with Gasteiger partial charge < -0.3 is 0 Å². The molecule has 0 heterocycles. The van der Waals surface area contributed by atoms with Crippen LogP contribution in [0, 0.1) is 35.5 Å². The molecule has 0 spiro atoms. The van der Waals surface area contributed by atoms with Crippen LogP contribution in [0.3, 0.4) is 0 Å². The van der Waals surface area contributed by atoms with Crippen LogP contribution in [0.25, 0.3) is 0 Å². The van der Waals surface area contributed by atoms with Crippen molar-refractivity contribution >= 4 is 0 Å². The van der Waals surface area contributed by atoms with E-state index in [0.29, 0.717) is 17.8 Å². The van der Waals surface area contributed by atoms with Crippen molar-refractivity contribution in [1.29, 1.82) is 0 Å². The molecular formula is C17H33F. The molecule has 0 nitrogen and oxygen atoms in total. The summed E-state index contributed by atoms with van der Waals surface area (Å²) in [6, 6.07) is 0. The van der Waals surface area contributed by atoms with E-state index in [1.807, 2.05) is 13.8 Å². The molecule has 6 atom stereocenters. The van der Waals surface area contributed by atoms with Gasteiger partial charge in [-0.25, -0.2) is 4.39 Å². The molecule has 0 saturated heterocycles. The van der Waals surface area contributed by atoms with Crippen molar-refractivity contribution in [2.24, 2.45) is 35.5 Å². The van der Waals surface area contributed by atoms with Gasteiger partial charge in [0.25, 0.3) is 0 Å². The van der Waals surface area contributed by atoms with E-state index in [0.717, 1.165) is 30.6 Å². The van der Waals surface area contributed by atoms with E-state index in [9.17, 15) is 4.39 Å². The molecule has 0 bridgehead atoms. The molecular weight excluding hydrogens is 223 g/mol. The number of halogens is 1. The van der Waals surface area contributed by atoms with Crippen molar-refractivity contribution in [2.75, 3.05) is 0 Å². The fraction of sp³-hybridized carbons (Fsp3) is 1.00. The molecule has 18 heavy (non-hydrogen) atoms. The average molecular weight is 256 g/mol. The van der Waals surface area contributed by atoms with Crippen molar-refractivity contribution in [3.05, 3.63) is 0 Å². The molecule has 2 saturated carbocycles. The monoisotopic (exact) mass is 256 g/mol. The Kier molecular flexibility index (Phi) is 6.14. The summed E-state index contributed by atoms with van der Waals surface area (Å²) in [6.45, 7) is 13.3. The molecule has 6 unspecified atom stereocenters. The van der Waals surface area contributed by atoms with E-state index < -0.39 is 6.17 Å². The normalized spacial score (nSPS) is 47.8. The predicted octanol–water partition coefficient (Wildman–Crippen LogP) is 5.72. The summed E-state index contributed by atoms with van der Waals surface area (Å²) in [5.41, 5.74) is 0. The van der Waals surface area contributed by atoms with Gasteiger partial charge in [-0.15, -0.1) is 0 Å². The molecule has 2 aliphatic carbocycles. The molecule has 0 radical (unpaired) electrons. The van der Waals surface area contributed by atoms with Crippen LogP contribution in [0.2, 0.25) is 0 Å². The van der Waals surface area contributed by atoms with Gasteiger partial charge in [0.15, 0.2) is 0 Å². The van der Waals surface area contributed by atoms with Crippen molar-refractivity contribution in [1.82, 2.24) is 0 Å². The summed E-state index contributed by atoms with van der Waals surface area (Å²) in [5.74, 6) is 4.24. The Balaban J connectivity index is 0.000000184. The third-order valence-corrected chi connectivity index (χ3v) is 5.51. The van der Waals surface area contributed by atoms with Gasteiger partial charge in [-0.3, -0.25) is 0 Å². The minimum Gasteiger partial charge on any atom is -0.247 e. The molecule has 0 aromatic rings. The van der Waals surface area contributed by atoms with E-state index in [2.05, 4.69) is 27.7 Å². The molecule has 1 heteroatoms. The summed E-state index contributed by atoms with van der Waals surface area (Å²) < 4.78 is 13.1. The van der Waals surface area contributed by atoms with E-state index in [1.54, 1.807) is 0 Å². The first-order chi connectivity index (χ1) is 8.36. The van der Waals surface area contributed by atoms with E-state index in [1.165, 1.54) is 12.8 Å². The molecule has 108 valence electrons. The molecule has 2 fully saturated rings. The largest absolute Gasteiger partial charge is 0.247 e. The standard InChI is InChI=1S/C9H17F.C8H16/c1-4-8-5-6(2)9(10)7(8)3;1-6-4-7(2)8(3)5-6/h6-9H,4-5H2,1-3H3;6-8H,4-5H2,1-3H3. The van der Waals surface area contributed by atoms with Gasteiger partial charge in [0.2, 0.25) is 0 Å². The minimum absolute atomic E-state index is 0.306. The highest BCUT2D eigenvalue weighted by Crippen LogP contribution is 2.39. The maximum atomic E-state index is 13.1. The molecule has 0 aromatic carbocycles. The Morgan fingerprint density at radius 1 is 0.833 bits per heavy atom. The van der Waals surface area contributed by atoms with E-state index in [4.69, 9.17) is 0 Å². The smallest absolute Gasteiger partial charge is 0.105 e. The molecule has 0 amide bonds. The lowest BCUT2D eigenvalue weighted by Crippen LogP contribution is -2.13. The van der Waals surface area contributed by atoms with Crippen LogP contribution in [0.5, 0.6) is 0 Å². The topological polar surface area (TPSA) is 0 Å². The van der Waals surface area contributed by atoms with E-state index >= 15 is 0 Å². The van der Waals surface area contributed by atoms with Gasteiger partial charge in [-0.2, -0.15) is 0 Å². The van der Waals surface area contributed by atoms with E-state index in [-0.39, 0.29) is 0 Å². The Bertz CT molecular complexity index is 228. The van der Waals surface area contributed by atoms with Crippen molar-refractivity contribution in [3.8, 4) is 0 Å². The van der Waals surface area contributed by atoms with Gasteiger partial charge in [-0.1, -0.05) is 48.0 Å². The maximum Gasteiger partial charge on any atom is 0.105 e. The van der Waals surface area contributed by atoms with Crippen LogP contribution in [0.1, 0.15) is 67.2 Å². The number of hydrogen-bond donors (Lipinski definition) is 0. The Labute approximate surface area is 114 Å². The SMILES string of the molecule is CC1CC(C)C(C)C1.CCC1CC(C)C(F)C1C. The molecule has 0 N–H and O–H groups in total. The van der Waals surface area contributed by atoms with Crippen LogP contribution in [-0.4, -0.2) is 6.17 Å². The van der Waals surface area contributed by atoms with Crippen molar-refractivity contribution in [2.45, 2.75) is 73.4 Å². The summed E-state index contributed by atoms with van der Waals surface area (Å²) in [6.07, 6.45) is 4.62. The number of alkyl halides is 1. The van der Waals surface area contributed by atoms with Gasteiger partial charge in [-0.05, 0) is 54.8 Å². The third-order valence-electron chi connectivity index (χ3n) is 5.51. The second-order valence-electron chi connectivity index (χ2n) is 7.22. The Morgan fingerprint density at radius 3 is 1.50 bits per heavy atom. The molecule has 0 aliphatic heterocycles. The first-order valence-electron chi connectivity index (χ1n) is 8.00. The first-order valence-corrected chi connectivity index (χ1v) is 8.00. The summed E-state index contributed by atoms with van der Waals surface area (Å²) in [7, 11) is 0. The predicted molar refractivity (Wildman–Crippen MR) is 78.3 cm³/mol. The van der Waals surface area contributed by atoms with Crippen LogP contribution in [0.15, 0.2) is 0 Å². The zero-order valence-corrected chi connectivity index (χ0v) is 13.2. The van der Waals surface area contributed by atoms with Gasteiger partial charge >= 0.3 is 0 Å². The summed E-state index contributed by atoms with van der Waals surface area (Å²) in [4.78, 5) is 0. The average Bonchev–Trinajstić information content (AvgIpc) is 2.73. The zero-order chi connectivity index (χ0) is 13.9. The lowest BCUT2D eigenvalue weighted by atomic mass is 9.95. The third kappa shape index (κ3) is 3.96. The lowest BCUT2D eigenvalue weighted by molar-refractivity contribution is 0.212. The Morgan fingerprint density at radius 2 is 1.33 bits per heavy atom. The quantitative estimate of drug-likeness (QED) is 0.563. The number of rotatable bonds is 1. The fourth-order valence-corrected chi connectivity index (χ4v) is 3.97. The minimum atomic E-state index is -0.537. The van der Waals surface area contributed by atoms with Crippen LogP contribution >= 0.6 is 0 Å². The maximum absolute atomic E-state index is 13.1. The second kappa shape index (κ2) is 6.91. The van der Waals surface area contributed by atoms with Crippen molar-refractivity contribution in [3.63, 3.8) is 0 Å². The lowest BCUT2D eigenvalue weighted by Gasteiger charge is -2.13. The Hall–Kier alpha value is -0.0700. The summed E-state index contributed by atoms with van der Waals surface area (Å²) >= 11 is 0. The second-order valence-corrected chi connectivity index (χ2v) is 7.22. The van der Waals surface area contributed by atoms with Gasteiger partial charge in [0.05, 0.1) is 0 Å². The highest BCUT2D eigenvalue weighted by molar-refractivity contribution is 4.85. The molecule has 2 aliphatic rings. The van der Waals surface area contributed by atoms with Crippen LogP contribution < -0.4 is 0 Å². The first kappa shape index (κ1) is 16.0. The highest BCUT2D eigenvalue weighted by Gasteiger charge is 2.37.